The van der Waals surface area contributed by atoms with Gasteiger partial charge in [-0.15, -0.1) is 0 Å². The Morgan fingerprint density at radius 1 is 0.875 bits per heavy atom. The third-order valence-electron chi connectivity index (χ3n) is 4.41. The Morgan fingerprint density at radius 2 is 1.44 bits per heavy atom. The molecule has 0 aromatic rings. The monoisotopic (exact) mass is 222 g/mol. The molecule has 0 amide bonds. The van der Waals surface area contributed by atoms with E-state index in [1.165, 1.54) is 69.8 Å². The van der Waals surface area contributed by atoms with E-state index in [-0.39, 0.29) is 0 Å². The summed E-state index contributed by atoms with van der Waals surface area (Å²) in [5.41, 5.74) is 1.37. The fourth-order valence-corrected chi connectivity index (χ4v) is 3.39. The third kappa shape index (κ3) is 3.35. The molecule has 0 unspecified atom stereocenters. The zero-order valence-electron chi connectivity index (χ0n) is 10.5. The molecule has 0 aliphatic heterocycles. The maximum Gasteiger partial charge on any atom is 0.0644 e. The van der Waals surface area contributed by atoms with E-state index < -0.39 is 0 Å². The van der Waals surface area contributed by atoms with Crippen LogP contribution in [0.3, 0.4) is 0 Å². The molecular weight excluding hydrogens is 196 g/mol. The highest BCUT2D eigenvalue weighted by atomic mass is 16.3. The minimum atomic E-state index is 0.307. The van der Waals surface area contributed by atoms with Crippen LogP contribution in [0, 0.1) is 11.8 Å². The molecule has 2 saturated carbocycles. The largest absolute Gasteiger partial charge is 0.392 e. The van der Waals surface area contributed by atoms with E-state index in [0.717, 1.165) is 5.92 Å². The maximum atomic E-state index is 9.54. The van der Waals surface area contributed by atoms with E-state index >= 15 is 0 Å². The van der Waals surface area contributed by atoms with Gasteiger partial charge in [0.15, 0.2) is 0 Å². The molecule has 2 fully saturated rings. The summed E-state index contributed by atoms with van der Waals surface area (Å²) in [6, 6.07) is 0. The van der Waals surface area contributed by atoms with Crippen LogP contribution in [0.4, 0.5) is 0 Å². The summed E-state index contributed by atoms with van der Waals surface area (Å²) in [5.74, 6) is 1.48. The summed E-state index contributed by atoms with van der Waals surface area (Å²) in [6.45, 7) is 0.307. The van der Waals surface area contributed by atoms with Crippen molar-refractivity contribution < 1.29 is 5.11 Å². The van der Waals surface area contributed by atoms with Gasteiger partial charge >= 0.3 is 0 Å². The normalized spacial score (nSPS) is 25.9. The Morgan fingerprint density at radius 3 is 2.00 bits per heavy atom. The molecular formula is C15H26O. The van der Waals surface area contributed by atoms with E-state index in [4.69, 9.17) is 0 Å². The van der Waals surface area contributed by atoms with Crippen LogP contribution in [-0.2, 0) is 0 Å². The molecule has 0 bridgehead atoms. The van der Waals surface area contributed by atoms with Gasteiger partial charge < -0.3 is 5.11 Å². The molecule has 0 atom stereocenters. The van der Waals surface area contributed by atoms with Gasteiger partial charge in [-0.3, -0.25) is 0 Å². The fraction of sp³-hybridized carbons (Fsp3) is 0.867. The second-order valence-corrected chi connectivity index (χ2v) is 5.63. The van der Waals surface area contributed by atoms with Crippen molar-refractivity contribution in [2.45, 2.75) is 64.2 Å². The molecule has 2 aliphatic carbocycles. The van der Waals surface area contributed by atoms with Gasteiger partial charge in [-0.25, -0.2) is 0 Å². The maximum absolute atomic E-state index is 9.54. The number of hydrogen-bond acceptors (Lipinski definition) is 1. The number of aliphatic hydroxyl groups is 1. The number of allylic oxidation sites excluding steroid dienone is 1. The highest BCUT2D eigenvalue weighted by Crippen LogP contribution is 2.32. The van der Waals surface area contributed by atoms with Crippen molar-refractivity contribution in [1.82, 2.24) is 0 Å². The number of rotatable bonds is 3. The SMILES string of the molecule is OCC(=CC1CCCCC1)C1CCCCC1. The fourth-order valence-electron chi connectivity index (χ4n) is 3.39. The molecule has 2 aliphatic rings. The smallest absolute Gasteiger partial charge is 0.0644 e. The topological polar surface area (TPSA) is 20.2 Å². The average molecular weight is 222 g/mol. The summed E-state index contributed by atoms with van der Waals surface area (Å²) in [4.78, 5) is 0. The molecule has 0 spiro atoms. The summed E-state index contributed by atoms with van der Waals surface area (Å²) in [6.07, 6.45) is 16.1. The Hall–Kier alpha value is -0.300. The van der Waals surface area contributed by atoms with Crippen LogP contribution in [0.5, 0.6) is 0 Å². The number of aliphatic hydroxyl groups excluding tert-OH is 1. The third-order valence-corrected chi connectivity index (χ3v) is 4.41. The summed E-state index contributed by atoms with van der Waals surface area (Å²) in [7, 11) is 0. The number of hydrogen-bond donors (Lipinski definition) is 1. The zero-order chi connectivity index (χ0) is 11.2. The van der Waals surface area contributed by atoms with Crippen molar-refractivity contribution in [1.29, 1.82) is 0 Å². The first kappa shape index (κ1) is 12.2. The van der Waals surface area contributed by atoms with Crippen molar-refractivity contribution in [3.63, 3.8) is 0 Å². The molecule has 0 aromatic carbocycles. The van der Waals surface area contributed by atoms with Gasteiger partial charge in [0.1, 0.15) is 0 Å². The van der Waals surface area contributed by atoms with E-state index in [1.807, 2.05) is 0 Å². The lowest BCUT2D eigenvalue weighted by molar-refractivity contribution is 0.288. The average Bonchev–Trinajstić information content (AvgIpc) is 2.38. The van der Waals surface area contributed by atoms with E-state index in [1.54, 1.807) is 0 Å². The molecule has 1 heteroatoms. The predicted molar refractivity (Wildman–Crippen MR) is 68.3 cm³/mol. The van der Waals surface area contributed by atoms with Crippen LogP contribution >= 0.6 is 0 Å². The van der Waals surface area contributed by atoms with Crippen LogP contribution in [0.15, 0.2) is 11.6 Å². The van der Waals surface area contributed by atoms with Crippen LogP contribution in [-0.4, -0.2) is 11.7 Å². The minimum Gasteiger partial charge on any atom is -0.392 e. The lowest BCUT2D eigenvalue weighted by atomic mass is 9.80. The summed E-state index contributed by atoms with van der Waals surface area (Å²) >= 11 is 0. The molecule has 0 saturated heterocycles. The highest BCUT2D eigenvalue weighted by Gasteiger charge is 2.19. The Bertz CT molecular complexity index is 220. The zero-order valence-corrected chi connectivity index (χ0v) is 10.5. The molecule has 2 rings (SSSR count). The van der Waals surface area contributed by atoms with Crippen LogP contribution in [0.2, 0.25) is 0 Å². The van der Waals surface area contributed by atoms with Gasteiger partial charge in [0.25, 0.3) is 0 Å². The second kappa shape index (κ2) is 6.44. The van der Waals surface area contributed by atoms with E-state index in [9.17, 15) is 5.11 Å². The van der Waals surface area contributed by atoms with Crippen molar-refractivity contribution in [3.05, 3.63) is 11.6 Å². The van der Waals surface area contributed by atoms with Crippen LogP contribution in [0.25, 0.3) is 0 Å². The van der Waals surface area contributed by atoms with Gasteiger partial charge in [-0.2, -0.15) is 0 Å². The Balaban J connectivity index is 1.93. The molecule has 0 radical (unpaired) electrons. The van der Waals surface area contributed by atoms with Crippen LogP contribution in [0.1, 0.15) is 64.2 Å². The Kier molecular flexibility index (Phi) is 4.90. The van der Waals surface area contributed by atoms with Gasteiger partial charge in [0, 0.05) is 0 Å². The molecule has 1 N–H and O–H groups in total. The van der Waals surface area contributed by atoms with Crippen molar-refractivity contribution >= 4 is 0 Å². The van der Waals surface area contributed by atoms with Gasteiger partial charge in [-0.05, 0) is 43.1 Å². The molecule has 92 valence electrons. The summed E-state index contributed by atoms with van der Waals surface area (Å²) in [5, 5.41) is 9.54. The first-order chi connectivity index (χ1) is 7.90. The second-order valence-electron chi connectivity index (χ2n) is 5.63. The first-order valence-corrected chi connectivity index (χ1v) is 7.21. The Labute approximate surface area is 99.9 Å². The van der Waals surface area contributed by atoms with E-state index in [0.29, 0.717) is 12.5 Å². The first-order valence-electron chi connectivity index (χ1n) is 7.21. The standard InChI is InChI=1S/C15H26O/c16-12-15(14-9-5-2-6-10-14)11-13-7-3-1-4-8-13/h11,13-14,16H,1-10,12H2. The highest BCUT2D eigenvalue weighted by molar-refractivity contribution is 5.10. The van der Waals surface area contributed by atoms with Crippen molar-refractivity contribution in [2.24, 2.45) is 11.8 Å². The van der Waals surface area contributed by atoms with Crippen molar-refractivity contribution in [2.75, 3.05) is 6.61 Å². The molecule has 0 heterocycles. The minimum absolute atomic E-state index is 0.307. The van der Waals surface area contributed by atoms with E-state index in [2.05, 4.69) is 6.08 Å². The molecule has 1 nitrogen and oxygen atoms in total. The molecule has 16 heavy (non-hydrogen) atoms. The molecule has 0 aromatic heterocycles. The van der Waals surface area contributed by atoms with Crippen molar-refractivity contribution in [3.8, 4) is 0 Å². The predicted octanol–water partition coefficient (Wildman–Crippen LogP) is 4.07. The van der Waals surface area contributed by atoms with Gasteiger partial charge in [0.2, 0.25) is 0 Å². The summed E-state index contributed by atoms with van der Waals surface area (Å²) < 4.78 is 0. The van der Waals surface area contributed by atoms with Gasteiger partial charge in [0.05, 0.1) is 6.61 Å². The lowest BCUT2D eigenvalue weighted by Gasteiger charge is -2.26. The lowest BCUT2D eigenvalue weighted by Crippen LogP contribution is -2.14. The quantitative estimate of drug-likeness (QED) is 0.714. The van der Waals surface area contributed by atoms with Crippen LogP contribution < -0.4 is 0 Å². The van der Waals surface area contributed by atoms with Gasteiger partial charge in [-0.1, -0.05) is 44.6 Å².